The minimum atomic E-state index is -1.98. The van der Waals surface area contributed by atoms with Gasteiger partial charge < -0.3 is 89.9 Å². The molecular formula is C61H113NO18. The number of amides is 1. The van der Waals surface area contributed by atoms with Crippen LogP contribution in [0, 0.1) is 0 Å². The second-order valence-electron chi connectivity index (χ2n) is 22.9. The van der Waals surface area contributed by atoms with Gasteiger partial charge in [-0.2, -0.15) is 0 Å². The number of nitrogens with one attached hydrogen (secondary N) is 1. The molecule has 3 saturated heterocycles. The van der Waals surface area contributed by atoms with E-state index < -0.39 is 124 Å². The van der Waals surface area contributed by atoms with Crippen molar-refractivity contribution in [2.24, 2.45) is 0 Å². The number of unbranched alkanes of at least 4 members (excludes halogenated alkanes) is 29. The van der Waals surface area contributed by atoms with Gasteiger partial charge in [0.2, 0.25) is 5.91 Å². The minimum absolute atomic E-state index is 0.240. The van der Waals surface area contributed by atoms with Gasteiger partial charge in [0.25, 0.3) is 0 Å². The lowest BCUT2D eigenvalue weighted by molar-refractivity contribution is -0.379. The molecule has 3 heterocycles. The van der Waals surface area contributed by atoms with Crippen molar-refractivity contribution in [2.75, 3.05) is 26.4 Å². The number of aliphatic hydroxyl groups is 11. The molecule has 19 nitrogen and oxygen atoms in total. The summed E-state index contributed by atoms with van der Waals surface area (Å²) in [5.41, 5.74) is 0. The largest absolute Gasteiger partial charge is 0.394 e. The highest BCUT2D eigenvalue weighted by Crippen LogP contribution is 2.33. The van der Waals surface area contributed by atoms with Crippen LogP contribution in [0.5, 0.6) is 0 Å². The average Bonchev–Trinajstić information content (AvgIpc) is 3.50. The molecule has 17 unspecified atom stereocenters. The van der Waals surface area contributed by atoms with Crippen LogP contribution in [0.2, 0.25) is 0 Å². The summed E-state index contributed by atoms with van der Waals surface area (Å²) in [4.78, 5) is 13.3. The summed E-state index contributed by atoms with van der Waals surface area (Å²) in [6.45, 7) is 1.73. The first kappa shape index (κ1) is 72.5. The van der Waals surface area contributed by atoms with Crippen LogP contribution in [0.3, 0.4) is 0 Å². The molecule has 0 aromatic carbocycles. The Balaban J connectivity index is 1.50. The maximum Gasteiger partial charge on any atom is 0.220 e. The van der Waals surface area contributed by atoms with Crippen molar-refractivity contribution in [3.8, 4) is 0 Å². The Morgan fingerprint density at radius 3 is 1.21 bits per heavy atom. The molecule has 0 aliphatic carbocycles. The van der Waals surface area contributed by atoms with Crippen molar-refractivity contribution in [1.82, 2.24) is 5.32 Å². The zero-order valence-corrected chi connectivity index (χ0v) is 49.1. The number of hydrogen-bond donors (Lipinski definition) is 12. The zero-order valence-electron chi connectivity index (χ0n) is 49.1. The lowest BCUT2D eigenvalue weighted by Gasteiger charge is -2.48. The number of ether oxygens (including phenoxy) is 6. The van der Waals surface area contributed by atoms with Gasteiger partial charge in [-0.1, -0.05) is 199 Å². The van der Waals surface area contributed by atoms with Crippen molar-refractivity contribution in [2.45, 2.75) is 330 Å². The van der Waals surface area contributed by atoms with Gasteiger partial charge >= 0.3 is 0 Å². The molecule has 0 aromatic heterocycles. The van der Waals surface area contributed by atoms with E-state index in [2.05, 4.69) is 31.3 Å². The standard InChI is InChI=1S/C61H113NO18/c1-3-5-7-9-11-13-15-17-19-21-23-24-26-28-30-32-34-36-38-45(66)44(62-49(67)39-37-35-33-31-29-27-25-22-20-18-16-14-12-10-8-6-4-2)43-75-59-55(73)52(70)57(47(41-64)77-59)80-61-56(74)53(71)58(48(42-65)78-61)79-60-54(72)51(69)50(68)46(40-63)76-60/h18,20,36,38,44-48,50-61,63-66,68-74H,3-17,19,21-35,37,39-43H2,1-2H3,(H,62,67)/b20-18-,38-36+. The van der Waals surface area contributed by atoms with Gasteiger partial charge in [0.1, 0.15) is 73.2 Å². The summed E-state index contributed by atoms with van der Waals surface area (Å²) in [6, 6.07) is -0.972. The van der Waals surface area contributed by atoms with Crippen LogP contribution < -0.4 is 5.32 Å². The molecule has 3 aliphatic rings. The Morgan fingerprint density at radius 2 is 0.787 bits per heavy atom. The molecule has 470 valence electrons. The van der Waals surface area contributed by atoms with Gasteiger partial charge in [-0.05, 0) is 44.9 Å². The van der Waals surface area contributed by atoms with E-state index >= 15 is 0 Å². The Hall–Kier alpha value is -1.73. The van der Waals surface area contributed by atoms with E-state index in [0.29, 0.717) is 6.42 Å². The molecule has 17 atom stereocenters. The topological polar surface area (TPSA) is 307 Å². The third kappa shape index (κ3) is 28.0. The second kappa shape index (κ2) is 44.7. The minimum Gasteiger partial charge on any atom is -0.394 e. The molecule has 3 aliphatic heterocycles. The fourth-order valence-corrected chi connectivity index (χ4v) is 10.8. The van der Waals surface area contributed by atoms with Crippen LogP contribution in [0.1, 0.15) is 226 Å². The highest BCUT2D eigenvalue weighted by molar-refractivity contribution is 5.76. The van der Waals surface area contributed by atoms with Crippen molar-refractivity contribution in [1.29, 1.82) is 0 Å². The van der Waals surface area contributed by atoms with Crippen LogP contribution in [-0.2, 0) is 33.2 Å². The zero-order chi connectivity index (χ0) is 58.3. The van der Waals surface area contributed by atoms with Crippen molar-refractivity contribution >= 4 is 5.91 Å². The summed E-state index contributed by atoms with van der Waals surface area (Å²) >= 11 is 0. The van der Waals surface area contributed by atoms with E-state index in [4.69, 9.17) is 28.4 Å². The lowest BCUT2D eigenvalue weighted by Crippen LogP contribution is -2.66. The quantitative estimate of drug-likeness (QED) is 0.0234. The summed E-state index contributed by atoms with van der Waals surface area (Å²) in [6.07, 6.45) is 20.0. The van der Waals surface area contributed by atoms with Gasteiger partial charge in [0, 0.05) is 6.42 Å². The molecule has 12 N–H and O–H groups in total. The molecule has 1 amide bonds. The third-order valence-corrected chi connectivity index (χ3v) is 16.0. The van der Waals surface area contributed by atoms with Gasteiger partial charge in [0.15, 0.2) is 18.9 Å². The number of carbonyl (C=O) groups excluding carboxylic acids is 1. The van der Waals surface area contributed by atoms with E-state index in [-0.39, 0.29) is 18.9 Å². The monoisotopic (exact) mass is 1150 g/mol. The number of carbonyl (C=O) groups is 1. The third-order valence-electron chi connectivity index (χ3n) is 16.0. The van der Waals surface area contributed by atoms with E-state index in [0.717, 1.165) is 57.8 Å². The number of allylic oxidation sites excluding steroid dienone is 3. The molecule has 19 heteroatoms. The molecule has 0 aromatic rings. The van der Waals surface area contributed by atoms with Gasteiger partial charge in [-0.3, -0.25) is 4.79 Å². The van der Waals surface area contributed by atoms with Crippen LogP contribution in [0.25, 0.3) is 0 Å². The first-order valence-corrected chi connectivity index (χ1v) is 31.6. The predicted molar refractivity (Wildman–Crippen MR) is 305 cm³/mol. The van der Waals surface area contributed by atoms with Gasteiger partial charge in [-0.15, -0.1) is 0 Å². The molecule has 0 spiro atoms. The highest BCUT2D eigenvalue weighted by Gasteiger charge is 2.53. The Morgan fingerprint density at radius 1 is 0.438 bits per heavy atom. The summed E-state index contributed by atoms with van der Waals surface area (Å²) in [5, 5.41) is 120. The van der Waals surface area contributed by atoms with Gasteiger partial charge in [0.05, 0.1) is 38.6 Å². The fraction of sp³-hybridized carbons (Fsp3) is 0.918. The lowest BCUT2D eigenvalue weighted by atomic mass is 9.96. The van der Waals surface area contributed by atoms with E-state index in [9.17, 15) is 61.0 Å². The molecule has 0 radical (unpaired) electrons. The number of aliphatic hydroxyl groups excluding tert-OH is 11. The van der Waals surface area contributed by atoms with Crippen LogP contribution in [-0.4, -0.2) is 193 Å². The van der Waals surface area contributed by atoms with Gasteiger partial charge in [-0.25, -0.2) is 0 Å². The van der Waals surface area contributed by atoms with E-state index in [1.807, 2.05) is 6.08 Å². The summed E-state index contributed by atoms with van der Waals surface area (Å²) in [5.74, 6) is -0.279. The molecule has 0 bridgehead atoms. The Bertz CT molecular complexity index is 1560. The maximum atomic E-state index is 13.3. The summed E-state index contributed by atoms with van der Waals surface area (Å²) < 4.78 is 34.3. The molecule has 3 rings (SSSR count). The van der Waals surface area contributed by atoms with Crippen LogP contribution >= 0.6 is 0 Å². The SMILES string of the molecule is CCCCCCCC/C=C\CCCCCCCCCC(=O)NC(COC1OC(CO)C(OC2OC(CO)C(OC3OC(CO)C(O)C(O)C3O)C(O)C2O)C(O)C1O)C(O)/C=C/CCCCCCCCCCCCCCCCCC. The molecule has 80 heavy (non-hydrogen) atoms. The Kier molecular flexibility index (Phi) is 40.5. The smallest absolute Gasteiger partial charge is 0.220 e. The number of hydrogen-bond acceptors (Lipinski definition) is 18. The van der Waals surface area contributed by atoms with Crippen LogP contribution in [0.15, 0.2) is 24.3 Å². The maximum absolute atomic E-state index is 13.3. The summed E-state index contributed by atoms with van der Waals surface area (Å²) in [7, 11) is 0. The Labute approximate surface area is 479 Å². The average molecular weight is 1150 g/mol. The van der Waals surface area contributed by atoms with E-state index in [1.54, 1.807) is 6.08 Å². The first-order valence-electron chi connectivity index (χ1n) is 31.6. The van der Waals surface area contributed by atoms with E-state index in [1.165, 1.54) is 141 Å². The van der Waals surface area contributed by atoms with Crippen molar-refractivity contribution in [3.63, 3.8) is 0 Å². The second-order valence-corrected chi connectivity index (χ2v) is 22.9. The first-order chi connectivity index (χ1) is 38.8. The van der Waals surface area contributed by atoms with Crippen LogP contribution in [0.4, 0.5) is 0 Å². The normalized spacial score (nSPS) is 30.1. The molecular weight excluding hydrogens is 1030 g/mol. The predicted octanol–water partition coefficient (Wildman–Crippen LogP) is 6.32. The molecule has 0 saturated carbocycles. The fourth-order valence-electron chi connectivity index (χ4n) is 10.8. The molecule has 3 fully saturated rings. The number of rotatable bonds is 47. The van der Waals surface area contributed by atoms with Crippen molar-refractivity contribution in [3.05, 3.63) is 24.3 Å². The van der Waals surface area contributed by atoms with Crippen molar-refractivity contribution < 1.29 is 89.4 Å². The highest BCUT2D eigenvalue weighted by atomic mass is 16.8.